The Hall–Kier alpha value is -2.05. The van der Waals surface area contributed by atoms with Crippen LogP contribution in [0.2, 0.25) is 10.0 Å². The van der Waals surface area contributed by atoms with Crippen LogP contribution in [0.15, 0.2) is 24.3 Å². The summed E-state index contributed by atoms with van der Waals surface area (Å²) in [6.45, 7) is 1.19. The van der Waals surface area contributed by atoms with E-state index in [4.69, 9.17) is 28.9 Å². The molecule has 2 heterocycles. The zero-order valence-corrected chi connectivity index (χ0v) is 14.3. The molecule has 3 N–H and O–H groups in total. The molecule has 1 aliphatic rings. The van der Waals surface area contributed by atoms with Crippen molar-refractivity contribution in [3.8, 4) is 0 Å². The smallest absolute Gasteiger partial charge is 0.269 e. The van der Waals surface area contributed by atoms with E-state index in [0.717, 1.165) is 18.5 Å². The van der Waals surface area contributed by atoms with E-state index in [1.807, 2.05) is 0 Å². The molecule has 24 heavy (non-hydrogen) atoms. The predicted octanol–water partition coefficient (Wildman–Crippen LogP) is 2.84. The van der Waals surface area contributed by atoms with Crippen molar-refractivity contribution < 1.29 is 9.59 Å². The lowest BCUT2D eigenvalue weighted by molar-refractivity contribution is 0.0712. The van der Waals surface area contributed by atoms with Crippen LogP contribution >= 0.6 is 23.2 Å². The summed E-state index contributed by atoms with van der Waals surface area (Å²) >= 11 is 12.1. The first-order valence-corrected chi connectivity index (χ1v) is 8.30. The number of aromatic nitrogens is 2. The average Bonchev–Trinajstić information content (AvgIpc) is 3.07. The van der Waals surface area contributed by atoms with Crippen molar-refractivity contribution in [2.75, 3.05) is 13.1 Å². The standard InChI is InChI=1S/C16H16Cl2N4O2/c17-10-1-2-12(18)11(7-10)16(24)22-5-3-9(4-6-22)13-8-14(15(19)23)21-20-13/h1-2,7-9H,3-6H2,(H2,19,23)(H,20,21). The predicted molar refractivity (Wildman–Crippen MR) is 91.4 cm³/mol. The molecule has 0 radical (unpaired) electrons. The van der Waals surface area contributed by atoms with Gasteiger partial charge in [-0.2, -0.15) is 5.10 Å². The van der Waals surface area contributed by atoms with Gasteiger partial charge in [0.25, 0.3) is 11.8 Å². The summed E-state index contributed by atoms with van der Waals surface area (Å²) in [6, 6.07) is 6.55. The first-order valence-electron chi connectivity index (χ1n) is 7.55. The molecule has 1 aromatic carbocycles. The Balaban J connectivity index is 1.67. The molecule has 1 saturated heterocycles. The third-order valence-electron chi connectivity index (χ3n) is 4.23. The lowest BCUT2D eigenvalue weighted by Crippen LogP contribution is -2.38. The number of nitrogens with zero attached hydrogens (tertiary/aromatic N) is 2. The highest BCUT2D eigenvalue weighted by Gasteiger charge is 2.27. The van der Waals surface area contributed by atoms with Gasteiger partial charge in [0, 0.05) is 29.7 Å². The lowest BCUT2D eigenvalue weighted by Gasteiger charge is -2.31. The Bertz CT molecular complexity index is 782. The first kappa shape index (κ1) is 16.8. The molecule has 8 heteroatoms. The van der Waals surface area contributed by atoms with E-state index in [1.165, 1.54) is 0 Å². The molecule has 0 saturated carbocycles. The van der Waals surface area contributed by atoms with Gasteiger partial charge < -0.3 is 10.6 Å². The number of piperidine rings is 1. The van der Waals surface area contributed by atoms with Gasteiger partial charge in [0.2, 0.25) is 0 Å². The highest BCUT2D eigenvalue weighted by atomic mass is 35.5. The third-order valence-corrected chi connectivity index (χ3v) is 4.80. The van der Waals surface area contributed by atoms with E-state index >= 15 is 0 Å². The van der Waals surface area contributed by atoms with Crippen molar-refractivity contribution in [3.63, 3.8) is 0 Å². The van der Waals surface area contributed by atoms with Crippen molar-refractivity contribution in [2.24, 2.45) is 5.73 Å². The Morgan fingerprint density at radius 3 is 2.54 bits per heavy atom. The van der Waals surface area contributed by atoms with E-state index in [-0.39, 0.29) is 17.5 Å². The normalized spacial score (nSPS) is 15.5. The van der Waals surface area contributed by atoms with Crippen LogP contribution < -0.4 is 5.73 Å². The van der Waals surface area contributed by atoms with Gasteiger partial charge in [0.1, 0.15) is 5.69 Å². The molecule has 0 aliphatic carbocycles. The minimum atomic E-state index is -0.555. The number of halogens is 2. The van der Waals surface area contributed by atoms with Crippen molar-refractivity contribution >= 4 is 35.0 Å². The Kier molecular flexibility index (Phi) is 4.78. The van der Waals surface area contributed by atoms with Gasteiger partial charge in [0.15, 0.2) is 0 Å². The average molecular weight is 367 g/mol. The largest absolute Gasteiger partial charge is 0.364 e. The number of nitrogens with two attached hydrogens (primary N) is 1. The van der Waals surface area contributed by atoms with Gasteiger partial charge >= 0.3 is 0 Å². The number of carbonyl (C=O) groups is 2. The maximum atomic E-state index is 12.6. The van der Waals surface area contributed by atoms with Crippen LogP contribution in [0.1, 0.15) is 45.3 Å². The molecular weight excluding hydrogens is 351 g/mol. The fraction of sp³-hybridized carbons (Fsp3) is 0.312. The lowest BCUT2D eigenvalue weighted by atomic mass is 9.93. The molecular formula is C16H16Cl2N4O2. The Morgan fingerprint density at radius 1 is 1.21 bits per heavy atom. The number of amides is 2. The molecule has 2 aromatic rings. The van der Waals surface area contributed by atoms with E-state index in [1.54, 1.807) is 29.2 Å². The van der Waals surface area contributed by atoms with Crippen LogP contribution in [-0.2, 0) is 0 Å². The number of hydrogen-bond acceptors (Lipinski definition) is 3. The van der Waals surface area contributed by atoms with Gasteiger partial charge in [-0.05, 0) is 37.1 Å². The summed E-state index contributed by atoms with van der Waals surface area (Å²) in [4.78, 5) is 25.5. The van der Waals surface area contributed by atoms with E-state index < -0.39 is 5.91 Å². The number of primary amides is 1. The second-order valence-electron chi connectivity index (χ2n) is 5.76. The molecule has 126 valence electrons. The maximum Gasteiger partial charge on any atom is 0.269 e. The molecule has 1 aromatic heterocycles. The fourth-order valence-electron chi connectivity index (χ4n) is 2.90. The minimum absolute atomic E-state index is 0.122. The summed E-state index contributed by atoms with van der Waals surface area (Å²) in [7, 11) is 0. The van der Waals surface area contributed by atoms with Crippen LogP contribution in [-0.4, -0.2) is 40.0 Å². The number of aromatic amines is 1. The zero-order valence-electron chi connectivity index (χ0n) is 12.8. The quantitative estimate of drug-likeness (QED) is 0.874. The molecule has 3 rings (SSSR count). The summed E-state index contributed by atoms with van der Waals surface area (Å²) < 4.78 is 0. The number of H-pyrrole nitrogens is 1. The molecule has 0 bridgehead atoms. The van der Waals surface area contributed by atoms with Crippen LogP contribution in [0, 0.1) is 0 Å². The summed E-state index contributed by atoms with van der Waals surface area (Å²) in [6.07, 6.45) is 1.54. The van der Waals surface area contributed by atoms with Crippen LogP contribution in [0.5, 0.6) is 0 Å². The van der Waals surface area contributed by atoms with Crippen molar-refractivity contribution in [2.45, 2.75) is 18.8 Å². The molecule has 0 atom stereocenters. The van der Waals surface area contributed by atoms with Gasteiger partial charge in [0.05, 0.1) is 10.6 Å². The van der Waals surface area contributed by atoms with E-state index in [2.05, 4.69) is 10.2 Å². The highest BCUT2D eigenvalue weighted by Crippen LogP contribution is 2.29. The van der Waals surface area contributed by atoms with Gasteiger partial charge in [-0.3, -0.25) is 14.7 Å². The number of carbonyl (C=O) groups excluding carboxylic acids is 2. The number of likely N-dealkylation sites (tertiary alicyclic amines) is 1. The summed E-state index contributed by atoms with van der Waals surface area (Å²) in [5.41, 5.74) is 6.73. The summed E-state index contributed by atoms with van der Waals surface area (Å²) in [5.74, 6) is -0.464. The monoisotopic (exact) mass is 366 g/mol. The summed E-state index contributed by atoms with van der Waals surface area (Å²) in [5, 5.41) is 7.63. The van der Waals surface area contributed by atoms with E-state index in [0.29, 0.717) is 28.7 Å². The minimum Gasteiger partial charge on any atom is -0.364 e. The molecule has 1 aliphatic heterocycles. The van der Waals surface area contributed by atoms with Crippen molar-refractivity contribution in [1.82, 2.24) is 15.1 Å². The highest BCUT2D eigenvalue weighted by molar-refractivity contribution is 6.35. The van der Waals surface area contributed by atoms with Gasteiger partial charge in [-0.25, -0.2) is 0 Å². The topological polar surface area (TPSA) is 92.1 Å². The van der Waals surface area contributed by atoms with Crippen LogP contribution in [0.4, 0.5) is 0 Å². The molecule has 0 unspecified atom stereocenters. The van der Waals surface area contributed by atoms with E-state index in [9.17, 15) is 9.59 Å². The fourth-order valence-corrected chi connectivity index (χ4v) is 3.27. The SMILES string of the molecule is NC(=O)c1cc(C2CCN(C(=O)c3cc(Cl)ccc3Cl)CC2)[nH]n1. The maximum absolute atomic E-state index is 12.6. The second-order valence-corrected chi connectivity index (χ2v) is 6.61. The molecule has 2 amide bonds. The molecule has 6 nitrogen and oxygen atoms in total. The molecule has 0 spiro atoms. The first-order chi connectivity index (χ1) is 11.5. The second kappa shape index (κ2) is 6.83. The van der Waals surface area contributed by atoms with Crippen LogP contribution in [0.3, 0.4) is 0 Å². The Morgan fingerprint density at radius 2 is 1.92 bits per heavy atom. The van der Waals surface area contributed by atoms with Crippen LogP contribution in [0.25, 0.3) is 0 Å². The van der Waals surface area contributed by atoms with Gasteiger partial charge in [-0.1, -0.05) is 23.2 Å². The number of benzene rings is 1. The number of hydrogen-bond donors (Lipinski definition) is 2. The number of rotatable bonds is 3. The van der Waals surface area contributed by atoms with Gasteiger partial charge in [-0.15, -0.1) is 0 Å². The third kappa shape index (κ3) is 3.39. The van der Waals surface area contributed by atoms with Crippen molar-refractivity contribution in [3.05, 3.63) is 51.3 Å². The Labute approximate surface area is 148 Å². The number of nitrogens with one attached hydrogen (secondary N) is 1. The molecule has 1 fully saturated rings. The zero-order chi connectivity index (χ0) is 17.3. The van der Waals surface area contributed by atoms with Crippen molar-refractivity contribution in [1.29, 1.82) is 0 Å².